The van der Waals surface area contributed by atoms with Gasteiger partial charge in [0.05, 0.1) is 7.11 Å². The number of ether oxygens (including phenoxy) is 2. The van der Waals surface area contributed by atoms with Crippen molar-refractivity contribution in [2.24, 2.45) is 5.92 Å². The van der Waals surface area contributed by atoms with Crippen LogP contribution in [0.15, 0.2) is 0 Å². The fourth-order valence-corrected chi connectivity index (χ4v) is 2.66. The molecule has 1 saturated heterocycles. The summed E-state index contributed by atoms with van der Waals surface area (Å²) in [4.78, 5) is 11.2. The lowest BCUT2D eigenvalue weighted by molar-refractivity contribution is -0.142. The molecule has 0 aromatic heterocycles. The Morgan fingerprint density at radius 2 is 2.46 bits per heavy atom. The Morgan fingerprint density at radius 3 is 3.08 bits per heavy atom. The first kappa shape index (κ1) is 9.00. The van der Waals surface area contributed by atoms with Crippen LogP contribution in [0.5, 0.6) is 0 Å². The minimum atomic E-state index is -0.259. The molecule has 1 heterocycles. The van der Waals surface area contributed by atoms with E-state index in [1.807, 2.05) is 0 Å². The van der Waals surface area contributed by atoms with Gasteiger partial charge < -0.3 is 9.47 Å². The summed E-state index contributed by atoms with van der Waals surface area (Å²) in [7, 11) is 1.42. The van der Waals surface area contributed by atoms with Crippen LogP contribution in [-0.4, -0.2) is 24.8 Å². The van der Waals surface area contributed by atoms with Gasteiger partial charge >= 0.3 is 5.97 Å². The molecular weight excluding hydrogens is 168 g/mol. The van der Waals surface area contributed by atoms with Gasteiger partial charge in [-0.3, -0.25) is 0 Å². The van der Waals surface area contributed by atoms with E-state index < -0.39 is 0 Å². The third kappa shape index (κ3) is 1.17. The second-order valence-electron chi connectivity index (χ2n) is 3.97. The third-order valence-corrected chi connectivity index (χ3v) is 3.44. The third-order valence-electron chi connectivity index (χ3n) is 3.44. The molecule has 3 heteroatoms. The van der Waals surface area contributed by atoms with Crippen LogP contribution in [0, 0.1) is 5.92 Å². The zero-order chi connectivity index (χ0) is 9.47. The summed E-state index contributed by atoms with van der Waals surface area (Å²) in [6.07, 6.45) is 4.26. The summed E-state index contributed by atoms with van der Waals surface area (Å²) in [6, 6.07) is 0. The predicted molar refractivity (Wildman–Crippen MR) is 47.3 cm³/mol. The first-order valence-electron chi connectivity index (χ1n) is 5.00. The Labute approximate surface area is 78.4 Å². The fraction of sp³-hybridized carbons (Fsp3) is 0.900. The molecule has 3 unspecified atom stereocenters. The minimum Gasteiger partial charge on any atom is -0.467 e. The summed E-state index contributed by atoms with van der Waals surface area (Å²) < 4.78 is 10.2. The van der Waals surface area contributed by atoms with Crippen molar-refractivity contribution in [3.8, 4) is 0 Å². The molecule has 0 amide bonds. The zero-order valence-corrected chi connectivity index (χ0v) is 8.21. The summed E-state index contributed by atoms with van der Waals surface area (Å²) in [5.41, 5.74) is -0.123. The number of hydrogen-bond acceptors (Lipinski definition) is 3. The molecule has 2 aliphatic rings. The minimum absolute atomic E-state index is 0.123. The molecule has 0 radical (unpaired) electrons. The number of methoxy groups -OCH3 is 1. The monoisotopic (exact) mass is 184 g/mol. The molecule has 0 N–H and O–H groups in total. The predicted octanol–water partition coefficient (Wildman–Crippen LogP) is 1.51. The van der Waals surface area contributed by atoms with E-state index in [-0.39, 0.29) is 17.7 Å². The highest BCUT2D eigenvalue weighted by Crippen LogP contribution is 2.54. The Kier molecular flexibility index (Phi) is 2.06. The molecule has 3 atom stereocenters. The van der Waals surface area contributed by atoms with Crippen molar-refractivity contribution in [3.05, 3.63) is 0 Å². The van der Waals surface area contributed by atoms with Crippen molar-refractivity contribution in [3.63, 3.8) is 0 Å². The van der Waals surface area contributed by atoms with Gasteiger partial charge in [-0.15, -0.1) is 0 Å². The van der Waals surface area contributed by atoms with E-state index in [2.05, 4.69) is 11.7 Å². The van der Waals surface area contributed by atoms with E-state index in [1.165, 1.54) is 20.0 Å². The van der Waals surface area contributed by atoms with Crippen LogP contribution < -0.4 is 0 Å². The van der Waals surface area contributed by atoms with Crippen LogP contribution in [0.2, 0.25) is 0 Å². The molecule has 13 heavy (non-hydrogen) atoms. The van der Waals surface area contributed by atoms with Gasteiger partial charge in [0.25, 0.3) is 0 Å². The van der Waals surface area contributed by atoms with E-state index in [0.29, 0.717) is 5.92 Å². The van der Waals surface area contributed by atoms with Crippen molar-refractivity contribution in [2.75, 3.05) is 7.11 Å². The van der Waals surface area contributed by atoms with E-state index in [9.17, 15) is 4.79 Å². The molecule has 1 saturated carbocycles. The zero-order valence-electron chi connectivity index (χ0n) is 8.21. The molecule has 0 aromatic rings. The second kappa shape index (κ2) is 2.98. The summed E-state index contributed by atoms with van der Waals surface area (Å²) in [5, 5.41) is 0. The number of hydrogen-bond donors (Lipinski definition) is 0. The van der Waals surface area contributed by atoms with Gasteiger partial charge in [-0.25, -0.2) is 4.79 Å². The van der Waals surface area contributed by atoms with E-state index in [1.54, 1.807) is 0 Å². The van der Waals surface area contributed by atoms with Crippen LogP contribution >= 0.6 is 0 Å². The summed E-state index contributed by atoms with van der Waals surface area (Å²) in [6.45, 7) is 2.16. The Hall–Kier alpha value is -0.570. The van der Waals surface area contributed by atoms with Gasteiger partial charge in [0.2, 0.25) is 0 Å². The maximum Gasteiger partial charge on any atom is 0.338 e. The van der Waals surface area contributed by atoms with Crippen LogP contribution in [0.4, 0.5) is 0 Å². The highest BCUT2D eigenvalue weighted by Gasteiger charge is 2.66. The molecule has 2 fully saturated rings. The number of esters is 1. The smallest absolute Gasteiger partial charge is 0.338 e. The van der Waals surface area contributed by atoms with Crippen molar-refractivity contribution in [2.45, 2.75) is 44.3 Å². The first-order valence-corrected chi connectivity index (χ1v) is 5.00. The molecule has 74 valence electrons. The van der Waals surface area contributed by atoms with Gasteiger partial charge in [0, 0.05) is 0 Å². The topological polar surface area (TPSA) is 38.8 Å². The molecule has 0 bridgehead atoms. The standard InChI is InChI=1S/C10H16O3/c1-3-7-5-4-6-10(7)8(13-10)9(11)12-2/h7-8H,3-6H2,1-2H3. The highest BCUT2D eigenvalue weighted by atomic mass is 16.7. The van der Waals surface area contributed by atoms with Crippen molar-refractivity contribution >= 4 is 5.97 Å². The molecule has 1 aliphatic heterocycles. The Bertz CT molecular complexity index is 226. The largest absolute Gasteiger partial charge is 0.467 e. The maximum absolute atomic E-state index is 11.2. The average Bonchev–Trinajstić information content (AvgIpc) is 2.70. The number of epoxide rings is 1. The fourth-order valence-electron chi connectivity index (χ4n) is 2.66. The van der Waals surface area contributed by atoms with Gasteiger partial charge in [-0.2, -0.15) is 0 Å². The number of carbonyl (C=O) groups excluding carboxylic acids is 1. The highest BCUT2D eigenvalue weighted by molar-refractivity contribution is 5.79. The SMILES string of the molecule is CCC1CCCC12OC2C(=O)OC. The Balaban J connectivity index is 2.04. The van der Waals surface area contributed by atoms with E-state index in [0.717, 1.165) is 12.8 Å². The lowest BCUT2D eigenvalue weighted by Gasteiger charge is -2.12. The molecular formula is C10H16O3. The number of rotatable bonds is 2. The van der Waals surface area contributed by atoms with Crippen LogP contribution in [-0.2, 0) is 14.3 Å². The molecule has 0 aromatic carbocycles. The number of carbonyl (C=O) groups is 1. The van der Waals surface area contributed by atoms with E-state index in [4.69, 9.17) is 4.74 Å². The van der Waals surface area contributed by atoms with Gasteiger partial charge in [-0.1, -0.05) is 19.8 Å². The van der Waals surface area contributed by atoms with E-state index >= 15 is 0 Å². The summed E-state index contributed by atoms with van der Waals surface area (Å²) in [5.74, 6) is 0.372. The van der Waals surface area contributed by atoms with Crippen LogP contribution in [0.1, 0.15) is 32.6 Å². The lowest BCUT2D eigenvalue weighted by Crippen LogP contribution is -2.25. The normalized spacial score (nSPS) is 42.3. The lowest BCUT2D eigenvalue weighted by atomic mass is 9.90. The van der Waals surface area contributed by atoms with Crippen molar-refractivity contribution in [1.82, 2.24) is 0 Å². The molecule has 1 aliphatic carbocycles. The quantitative estimate of drug-likeness (QED) is 0.482. The van der Waals surface area contributed by atoms with Crippen LogP contribution in [0.25, 0.3) is 0 Å². The Morgan fingerprint density at radius 1 is 1.69 bits per heavy atom. The van der Waals surface area contributed by atoms with Crippen LogP contribution in [0.3, 0.4) is 0 Å². The van der Waals surface area contributed by atoms with Gasteiger partial charge in [0.15, 0.2) is 6.10 Å². The molecule has 3 nitrogen and oxygen atoms in total. The molecule has 2 rings (SSSR count). The van der Waals surface area contributed by atoms with Gasteiger partial charge in [-0.05, 0) is 18.8 Å². The first-order chi connectivity index (χ1) is 6.24. The van der Waals surface area contributed by atoms with Crippen molar-refractivity contribution < 1.29 is 14.3 Å². The van der Waals surface area contributed by atoms with Gasteiger partial charge in [0.1, 0.15) is 5.60 Å². The average molecular weight is 184 g/mol. The summed E-state index contributed by atoms with van der Waals surface area (Å²) >= 11 is 0. The molecule has 1 spiro atoms. The van der Waals surface area contributed by atoms with Crippen molar-refractivity contribution in [1.29, 1.82) is 0 Å². The second-order valence-corrected chi connectivity index (χ2v) is 3.97. The maximum atomic E-state index is 11.2.